The zero-order chi connectivity index (χ0) is 18.6. The van der Waals surface area contributed by atoms with Crippen LogP contribution in [0.4, 0.5) is 5.69 Å². The van der Waals surface area contributed by atoms with Gasteiger partial charge in [0.2, 0.25) is 11.8 Å². The van der Waals surface area contributed by atoms with E-state index in [4.69, 9.17) is 10.5 Å². The second-order valence-electron chi connectivity index (χ2n) is 6.84. The van der Waals surface area contributed by atoms with Gasteiger partial charge < -0.3 is 15.8 Å². The van der Waals surface area contributed by atoms with Crippen molar-refractivity contribution in [1.82, 2.24) is 5.32 Å². The van der Waals surface area contributed by atoms with Crippen LogP contribution >= 0.6 is 0 Å². The fourth-order valence-corrected chi connectivity index (χ4v) is 2.99. The van der Waals surface area contributed by atoms with Crippen molar-refractivity contribution in [3.05, 3.63) is 23.8 Å². The van der Waals surface area contributed by atoms with Crippen molar-refractivity contribution in [2.45, 2.75) is 52.1 Å². The highest BCUT2D eigenvalue weighted by Crippen LogP contribution is 2.35. The molecule has 6 nitrogen and oxygen atoms in total. The van der Waals surface area contributed by atoms with Gasteiger partial charge in [-0.1, -0.05) is 27.2 Å². The van der Waals surface area contributed by atoms with Gasteiger partial charge in [0, 0.05) is 18.7 Å². The lowest BCUT2D eigenvalue weighted by Gasteiger charge is -2.28. The standard InChI is InChI=1S/C19H29N3O3/c1-5-6-9-21-18(23)16-11-13-10-14(25-4)7-8-15(13)22(16)19(24)17(20)12(2)3/h7-8,10,12,16-17H,5-6,9,11,20H2,1-4H3,(H,21,23)/t16-,17+/m1/s1. The largest absolute Gasteiger partial charge is 0.497 e. The molecule has 0 spiro atoms. The number of unbranched alkanes of at least 4 members (excludes halogenated alkanes) is 1. The minimum Gasteiger partial charge on any atom is -0.497 e. The van der Waals surface area contributed by atoms with Crippen molar-refractivity contribution in [2.75, 3.05) is 18.6 Å². The number of ether oxygens (including phenoxy) is 1. The van der Waals surface area contributed by atoms with Crippen molar-refractivity contribution in [2.24, 2.45) is 11.7 Å². The van der Waals surface area contributed by atoms with Gasteiger partial charge in [-0.3, -0.25) is 14.5 Å². The van der Waals surface area contributed by atoms with Crippen LogP contribution in [0.15, 0.2) is 18.2 Å². The predicted octanol–water partition coefficient (Wildman–Crippen LogP) is 1.85. The molecule has 1 aliphatic heterocycles. The van der Waals surface area contributed by atoms with Gasteiger partial charge in [-0.25, -0.2) is 0 Å². The van der Waals surface area contributed by atoms with Crippen molar-refractivity contribution in [3.63, 3.8) is 0 Å². The lowest BCUT2D eigenvalue weighted by atomic mass is 10.0. The first kappa shape index (κ1) is 19.2. The number of benzene rings is 1. The minimum absolute atomic E-state index is 0.00130. The molecule has 0 aromatic heterocycles. The van der Waals surface area contributed by atoms with Crippen molar-refractivity contribution >= 4 is 17.5 Å². The average molecular weight is 347 g/mol. The van der Waals surface area contributed by atoms with Crippen LogP contribution in [0.1, 0.15) is 39.2 Å². The molecule has 0 fully saturated rings. The first-order valence-electron chi connectivity index (χ1n) is 8.94. The molecule has 3 N–H and O–H groups in total. The van der Waals surface area contributed by atoms with E-state index in [2.05, 4.69) is 12.2 Å². The number of hydrogen-bond donors (Lipinski definition) is 2. The van der Waals surface area contributed by atoms with Crippen molar-refractivity contribution in [3.8, 4) is 5.75 Å². The van der Waals surface area contributed by atoms with Gasteiger partial charge in [0.05, 0.1) is 13.2 Å². The Morgan fingerprint density at radius 1 is 1.40 bits per heavy atom. The third-order valence-electron chi connectivity index (χ3n) is 4.64. The molecule has 1 aromatic carbocycles. The Morgan fingerprint density at radius 2 is 2.12 bits per heavy atom. The van der Waals surface area contributed by atoms with Gasteiger partial charge in [0.15, 0.2) is 0 Å². The summed E-state index contributed by atoms with van der Waals surface area (Å²) in [7, 11) is 1.60. The third-order valence-corrected chi connectivity index (χ3v) is 4.64. The number of carbonyl (C=O) groups excluding carboxylic acids is 2. The molecule has 0 saturated carbocycles. The Labute approximate surface area is 149 Å². The topological polar surface area (TPSA) is 84.7 Å². The highest BCUT2D eigenvalue weighted by molar-refractivity contribution is 6.05. The van der Waals surface area contributed by atoms with E-state index >= 15 is 0 Å². The van der Waals surface area contributed by atoms with E-state index in [0.29, 0.717) is 18.7 Å². The second kappa shape index (κ2) is 8.34. The molecule has 6 heteroatoms. The summed E-state index contributed by atoms with van der Waals surface area (Å²) in [5, 5.41) is 2.94. The minimum atomic E-state index is -0.640. The van der Waals surface area contributed by atoms with Crippen molar-refractivity contribution in [1.29, 1.82) is 0 Å². The molecular weight excluding hydrogens is 318 g/mol. The molecule has 25 heavy (non-hydrogen) atoms. The third kappa shape index (κ3) is 4.12. The second-order valence-corrected chi connectivity index (χ2v) is 6.84. The summed E-state index contributed by atoms with van der Waals surface area (Å²) in [6, 6.07) is 4.32. The summed E-state index contributed by atoms with van der Waals surface area (Å²) in [5.41, 5.74) is 7.77. The van der Waals surface area contributed by atoms with Crippen LogP contribution in [0.25, 0.3) is 0 Å². The Hall–Kier alpha value is -2.08. The van der Waals surface area contributed by atoms with Crippen LogP contribution in [-0.4, -0.2) is 37.6 Å². The summed E-state index contributed by atoms with van der Waals surface area (Å²) in [5.74, 6) is 0.368. The van der Waals surface area contributed by atoms with Gasteiger partial charge in [0.25, 0.3) is 0 Å². The summed E-state index contributed by atoms with van der Waals surface area (Å²) in [4.78, 5) is 27.2. The number of carbonyl (C=O) groups is 2. The van der Waals surface area contributed by atoms with E-state index in [1.54, 1.807) is 18.1 Å². The zero-order valence-corrected chi connectivity index (χ0v) is 15.5. The number of nitrogens with one attached hydrogen (secondary N) is 1. The number of nitrogens with two attached hydrogens (primary N) is 1. The number of hydrogen-bond acceptors (Lipinski definition) is 4. The highest BCUT2D eigenvalue weighted by atomic mass is 16.5. The van der Waals surface area contributed by atoms with Crippen molar-refractivity contribution < 1.29 is 14.3 Å². The number of rotatable bonds is 7. The molecule has 138 valence electrons. The van der Waals surface area contributed by atoms with Crippen LogP contribution in [0.5, 0.6) is 5.75 Å². The Balaban J connectivity index is 2.31. The zero-order valence-electron chi connectivity index (χ0n) is 15.5. The van der Waals surface area contributed by atoms with E-state index < -0.39 is 12.1 Å². The summed E-state index contributed by atoms with van der Waals surface area (Å²) in [6.07, 6.45) is 2.39. The van der Waals surface area contributed by atoms with Crippen LogP contribution in [0.3, 0.4) is 0 Å². The maximum Gasteiger partial charge on any atom is 0.244 e. The van der Waals surface area contributed by atoms with Crippen LogP contribution in [-0.2, 0) is 16.0 Å². The van der Waals surface area contributed by atoms with Crippen LogP contribution < -0.4 is 20.7 Å². The van der Waals surface area contributed by atoms with Crippen LogP contribution in [0, 0.1) is 5.92 Å². The summed E-state index contributed by atoms with van der Waals surface area (Å²) < 4.78 is 5.27. The number of nitrogens with zero attached hydrogens (tertiary/aromatic N) is 1. The number of methoxy groups -OCH3 is 1. The smallest absolute Gasteiger partial charge is 0.244 e. The number of amides is 2. The number of fused-ring (bicyclic) bond motifs is 1. The van der Waals surface area contributed by atoms with E-state index in [9.17, 15) is 9.59 Å². The van der Waals surface area contributed by atoms with Crippen LogP contribution in [0.2, 0.25) is 0 Å². The lowest BCUT2D eigenvalue weighted by Crippen LogP contribution is -2.54. The normalized spacial score (nSPS) is 17.4. The Kier molecular flexibility index (Phi) is 6.42. The molecule has 1 aliphatic rings. The Bertz CT molecular complexity index is 630. The van der Waals surface area contributed by atoms with Gasteiger partial charge in [-0.05, 0) is 36.1 Å². The van der Waals surface area contributed by atoms with Gasteiger partial charge in [0.1, 0.15) is 11.8 Å². The van der Waals surface area contributed by atoms with E-state index in [-0.39, 0.29) is 17.7 Å². The average Bonchev–Trinajstić information content (AvgIpc) is 2.98. The fraction of sp³-hybridized carbons (Fsp3) is 0.579. The summed E-state index contributed by atoms with van der Waals surface area (Å²) in [6.45, 7) is 6.50. The number of anilines is 1. The monoisotopic (exact) mass is 347 g/mol. The molecule has 0 bridgehead atoms. The summed E-state index contributed by atoms with van der Waals surface area (Å²) >= 11 is 0. The first-order chi connectivity index (χ1) is 11.9. The van der Waals surface area contributed by atoms with Gasteiger partial charge >= 0.3 is 0 Å². The quantitative estimate of drug-likeness (QED) is 0.737. The molecular formula is C19H29N3O3. The molecule has 0 saturated heterocycles. The maximum atomic E-state index is 12.9. The molecule has 2 atom stereocenters. The molecule has 1 heterocycles. The van der Waals surface area contributed by atoms with E-state index in [1.165, 1.54) is 0 Å². The fourth-order valence-electron chi connectivity index (χ4n) is 2.99. The molecule has 0 radical (unpaired) electrons. The molecule has 2 amide bonds. The SMILES string of the molecule is CCCCNC(=O)[C@H]1Cc2cc(OC)ccc2N1C(=O)[C@@H](N)C(C)C. The van der Waals surface area contributed by atoms with E-state index in [1.807, 2.05) is 26.0 Å². The predicted molar refractivity (Wildman–Crippen MR) is 98.7 cm³/mol. The first-order valence-corrected chi connectivity index (χ1v) is 8.94. The van der Waals surface area contributed by atoms with E-state index in [0.717, 1.165) is 24.1 Å². The lowest BCUT2D eigenvalue weighted by molar-refractivity contribution is -0.127. The van der Waals surface area contributed by atoms with Gasteiger partial charge in [-0.15, -0.1) is 0 Å². The highest BCUT2D eigenvalue weighted by Gasteiger charge is 2.40. The maximum absolute atomic E-state index is 12.9. The molecule has 0 unspecified atom stereocenters. The van der Waals surface area contributed by atoms with Gasteiger partial charge in [-0.2, -0.15) is 0 Å². The molecule has 2 rings (SSSR count). The molecule has 0 aliphatic carbocycles. The Morgan fingerprint density at radius 3 is 2.72 bits per heavy atom. The molecule has 1 aromatic rings.